The smallest absolute Gasteiger partial charge is 0.253 e. The Bertz CT molecular complexity index is 1210. The molecule has 1 saturated heterocycles. The Morgan fingerprint density at radius 2 is 1.86 bits per heavy atom. The SMILES string of the molecule is CN1CCN(C(=O)c2ccc(CCNc3nccc(/C(N)=C4/Nc5ccccc5O4)n3)cc2)CC1. The van der Waals surface area contributed by atoms with E-state index >= 15 is 0 Å². The highest BCUT2D eigenvalue weighted by atomic mass is 16.5. The molecule has 2 aliphatic heterocycles. The minimum absolute atomic E-state index is 0.100. The van der Waals surface area contributed by atoms with Crippen molar-refractivity contribution in [2.24, 2.45) is 5.73 Å². The van der Waals surface area contributed by atoms with E-state index in [1.807, 2.05) is 53.4 Å². The summed E-state index contributed by atoms with van der Waals surface area (Å²) in [5.41, 5.74) is 10.0. The largest absolute Gasteiger partial charge is 0.437 e. The van der Waals surface area contributed by atoms with Gasteiger partial charge in [-0.15, -0.1) is 0 Å². The number of carbonyl (C=O) groups is 1. The van der Waals surface area contributed by atoms with Crippen LogP contribution in [0.15, 0.2) is 66.7 Å². The van der Waals surface area contributed by atoms with Crippen LogP contribution in [0.4, 0.5) is 11.6 Å². The topological polar surface area (TPSA) is 109 Å². The van der Waals surface area contributed by atoms with Gasteiger partial charge in [-0.05, 0) is 49.4 Å². The van der Waals surface area contributed by atoms with Gasteiger partial charge >= 0.3 is 0 Å². The van der Waals surface area contributed by atoms with Crippen LogP contribution in [-0.2, 0) is 6.42 Å². The van der Waals surface area contributed by atoms with Crippen LogP contribution in [0, 0.1) is 0 Å². The molecule has 3 heterocycles. The van der Waals surface area contributed by atoms with Crippen LogP contribution >= 0.6 is 0 Å². The molecule has 35 heavy (non-hydrogen) atoms. The number of nitrogens with one attached hydrogen (secondary N) is 2. The molecule has 0 radical (unpaired) electrons. The van der Waals surface area contributed by atoms with Crippen molar-refractivity contribution in [1.29, 1.82) is 0 Å². The first-order valence-electron chi connectivity index (χ1n) is 11.7. The summed E-state index contributed by atoms with van der Waals surface area (Å²) in [6, 6.07) is 17.2. The highest BCUT2D eigenvalue weighted by Gasteiger charge is 2.21. The number of benzene rings is 2. The maximum Gasteiger partial charge on any atom is 0.253 e. The third kappa shape index (κ3) is 5.20. The van der Waals surface area contributed by atoms with E-state index in [0.29, 0.717) is 29.8 Å². The van der Waals surface area contributed by atoms with Crippen molar-refractivity contribution in [2.45, 2.75) is 6.42 Å². The minimum Gasteiger partial charge on any atom is -0.437 e. The zero-order valence-electron chi connectivity index (χ0n) is 19.7. The molecule has 2 aliphatic rings. The normalized spacial score (nSPS) is 16.8. The number of rotatable bonds is 6. The second kappa shape index (κ2) is 10.0. The van der Waals surface area contributed by atoms with Crippen molar-refractivity contribution < 1.29 is 9.53 Å². The Balaban J connectivity index is 1.16. The lowest BCUT2D eigenvalue weighted by molar-refractivity contribution is 0.0664. The third-order valence-electron chi connectivity index (χ3n) is 6.21. The molecule has 0 atom stereocenters. The summed E-state index contributed by atoms with van der Waals surface area (Å²) in [7, 11) is 2.08. The summed E-state index contributed by atoms with van der Waals surface area (Å²) in [4.78, 5) is 25.7. The molecule has 9 nitrogen and oxygen atoms in total. The molecule has 3 aromatic rings. The summed E-state index contributed by atoms with van der Waals surface area (Å²) in [5, 5.41) is 6.42. The van der Waals surface area contributed by atoms with E-state index in [9.17, 15) is 4.79 Å². The molecule has 5 rings (SSSR count). The number of nitrogens with zero attached hydrogens (tertiary/aromatic N) is 4. The van der Waals surface area contributed by atoms with Gasteiger partial charge < -0.3 is 30.9 Å². The quantitative estimate of drug-likeness (QED) is 0.504. The van der Waals surface area contributed by atoms with Crippen molar-refractivity contribution in [3.63, 3.8) is 0 Å². The maximum atomic E-state index is 12.7. The lowest BCUT2D eigenvalue weighted by Gasteiger charge is -2.32. The van der Waals surface area contributed by atoms with E-state index in [0.717, 1.165) is 55.2 Å². The predicted molar refractivity (Wildman–Crippen MR) is 136 cm³/mol. The Kier molecular flexibility index (Phi) is 6.49. The first-order chi connectivity index (χ1) is 17.1. The average Bonchev–Trinajstić information content (AvgIpc) is 3.33. The molecule has 0 saturated carbocycles. The number of likely N-dealkylation sites (N-methyl/N-ethyl adjacent to an activating group) is 1. The van der Waals surface area contributed by atoms with Gasteiger partial charge in [0, 0.05) is 44.5 Å². The monoisotopic (exact) mass is 471 g/mol. The van der Waals surface area contributed by atoms with Crippen LogP contribution in [0.3, 0.4) is 0 Å². The first-order valence-corrected chi connectivity index (χ1v) is 11.7. The second-order valence-corrected chi connectivity index (χ2v) is 8.70. The number of aromatic nitrogens is 2. The van der Waals surface area contributed by atoms with Crippen molar-refractivity contribution in [1.82, 2.24) is 19.8 Å². The fraction of sp³-hybridized carbons (Fsp3) is 0.269. The van der Waals surface area contributed by atoms with Gasteiger partial charge in [0.05, 0.1) is 11.4 Å². The van der Waals surface area contributed by atoms with E-state index in [-0.39, 0.29) is 5.91 Å². The molecule has 1 aromatic heterocycles. The van der Waals surface area contributed by atoms with Crippen molar-refractivity contribution >= 4 is 23.2 Å². The fourth-order valence-corrected chi connectivity index (χ4v) is 4.07. The molecular formula is C26H29N7O2. The van der Waals surface area contributed by atoms with E-state index in [1.165, 1.54) is 0 Å². The van der Waals surface area contributed by atoms with Gasteiger partial charge in [-0.25, -0.2) is 9.97 Å². The number of anilines is 2. The predicted octanol–water partition coefficient (Wildman–Crippen LogP) is 2.61. The molecule has 1 fully saturated rings. The van der Waals surface area contributed by atoms with Gasteiger partial charge in [0.15, 0.2) is 5.75 Å². The Morgan fingerprint density at radius 3 is 2.63 bits per heavy atom. The lowest BCUT2D eigenvalue weighted by Crippen LogP contribution is -2.47. The van der Waals surface area contributed by atoms with Gasteiger partial charge in [-0.2, -0.15) is 0 Å². The number of para-hydroxylation sites is 2. The minimum atomic E-state index is 0.100. The number of nitrogens with two attached hydrogens (primary N) is 1. The van der Waals surface area contributed by atoms with Gasteiger partial charge in [-0.1, -0.05) is 24.3 Å². The van der Waals surface area contributed by atoms with E-state index < -0.39 is 0 Å². The average molecular weight is 472 g/mol. The summed E-state index contributed by atoms with van der Waals surface area (Å²) in [6.45, 7) is 4.02. The van der Waals surface area contributed by atoms with E-state index in [2.05, 4.69) is 32.5 Å². The fourth-order valence-electron chi connectivity index (χ4n) is 4.07. The molecule has 2 aromatic carbocycles. The lowest BCUT2D eigenvalue weighted by atomic mass is 10.1. The summed E-state index contributed by atoms with van der Waals surface area (Å²) >= 11 is 0. The summed E-state index contributed by atoms with van der Waals surface area (Å²) in [6.07, 6.45) is 2.44. The molecule has 0 unspecified atom stereocenters. The molecule has 4 N–H and O–H groups in total. The standard InChI is InChI=1S/C26H29N7O2/c1-32-14-16-33(17-15-32)25(34)19-8-6-18(7-9-19)10-12-28-26-29-13-11-21(31-26)23(27)24-30-20-4-2-3-5-22(20)35-24/h2-9,11,13,30H,10,12,14-17,27H2,1H3,(H,28,29,31)/b24-23+. The highest BCUT2D eigenvalue weighted by molar-refractivity contribution is 5.94. The molecular weight excluding hydrogens is 442 g/mol. The second-order valence-electron chi connectivity index (χ2n) is 8.70. The van der Waals surface area contributed by atoms with E-state index in [1.54, 1.807) is 12.3 Å². The number of carbonyl (C=O) groups excluding carboxylic acids is 1. The van der Waals surface area contributed by atoms with Crippen molar-refractivity contribution in [3.8, 4) is 5.75 Å². The number of fused-ring (bicyclic) bond motifs is 1. The van der Waals surface area contributed by atoms with Gasteiger partial charge in [0.25, 0.3) is 5.91 Å². The third-order valence-corrected chi connectivity index (χ3v) is 6.21. The Morgan fingerprint density at radius 1 is 1.09 bits per heavy atom. The summed E-state index contributed by atoms with van der Waals surface area (Å²) < 4.78 is 5.81. The van der Waals surface area contributed by atoms with Gasteiger partial charge in [0.1, 0.15) is 5.70 Å². The molecule has 0 bridgehead atoms. The van der Waals surface area contributed by atoms with Crippen LogP contribution in [0.2, 0.25) is 0 Å². The Hall–Kier alpha value is -4.11. The highest BCUT2D eigenvalue weighted by Crippen LogP contribution is 2.34. The van der Waals surface area contributed by atoms with Crippen LogP contribution < -0.4 is 21.1 Å². The maximum absolute atomic E-state index is 12.7. The number of amides is 1. The number of hydrogen-bond donors (Lipinski definition) is 3. The van der Waals surface area contributed by atoms with Crippen LogP contribution in [-0.4, -0.2) is 65.4 Å². The molecule has 0 spiro atoms. The molecule has 0 aliphatic carbocycles. The van der Waals surface area contributed by atoms with E-state index in [4.69, 9.17) is 10.5 Å². The van der Waals surface area contributed by atoms with Gasteiger partial charge in [0.2, 0.25) is 11.8 Å². The molecule has 1 amide bonds. The summed E-state index contributed by atoms with van der Waals surface area (Å²) in [5.74, 6) is 1.78. The van der Waals surface area contributed by atoms with Crippen molar-refractivity contribution in [2.75, 3.05) is 50.4 Å². The molecule has 180 valence electrons. The zero-order valence-corrected chi connectivity index (χ0v) is 19.7. The van der Waals surface area contributed by atoms with Crippen LogP contribution in [0.5, 0.6) is 5.75 Å². The van der Waals surface area contributed by atoms with Crippen molar-refractivity contribution in [3.05, 3.63) is 83.5 Å². The van der Waals surface area contributed by atoms with Gasteiger partial charge in [-0.3, -0.25) is 4.79 Å². The molecule has 9 heteroatoms. The number of ether oxygens (including phenoxy) is 1. The Labute approximate surface area is 204 Å². The number of piperazine rings is 1. The zero-order chi connectivity index (χ0) is 24.2. The number of hydrogen-bond acceptors (Lipinski definition) is 8. The van der Waals surface area contributed by atoms with Crippen LogP contribution in [0.25, 0.3) is 5.70 Å². The first kappa shape index (κ1) is 22.7. The van der Waals surface area contributed by atoms with Crippen LogP contribution in [0.1, 0.15) is 21.6 Å².